The summed E-state index contributed by atoms with van der Waals surface area (Å²) in [5, 5.41) is 7.09. The molecule has 4 heterocycles. The van der Waals surface area contributed by atoms with Gasteiger partial charge in [-0.1, -0.05) is 109 Å². The molecule has 0 N–H and O–H groups in total. The number of benzene rings is 7. The van der Waals surface area contributed by atoms with Crippen molar-refractivity contribution < 1.29 is 4.42 Å². The van der Waals surface area contributed by atoms with E-state index in [0.717, 1.165) is 49.8 Å². The highest BCUT2D eigenvalue weighted by Gasteiger charge is 2.19. The molecule has 11 rings (SSSR count). The first-order valence-corrected chi connectivity index (χ1v) is 17.8. The summed E-state index contributed by atoms with van der Waals surface area (Å²) in [6.07, 6.45) is 0. The van der Waals surface area contributed by atoms with Gasteiger partial charge in [0.1, 0.15) is 11.2 Å². The molecule has 0 aliphatic rings. The Balaban J connectivity index is 1.14. The van der Waals surface area contributed by atoms with Crippen molar-refractivity contribution in [2.75, 3.05) is 0 Å². The van der Waals surface area contributed by atoms with Crippen LogP contribution < -0.4 is 0 Å². The maximum atomic E-state index is 6.24. The van der Waals surface area contributed by atoms with Crippen molar-refractivity contribution >= 4 is 75.3 Å². The standard InChI is InChI=1S/C45H26N4OS/c1-2-12-27(13-3-1)43-46-44(48-45(47-43)33-19-11-22-39-42(33)32-18-5-8-21-38(32)50-39)28-14-10-15-29(24-28)49-36-20-7-4-16-30(36)34-25-35-31-17-6-9-23-40(31)51-41(35)26-37(34)49/h1-26H. The Kier molecular flexibility index (Phi) is 6.05. The molecular formula is C45H26N4OS. The SMILES string of the molecule is c1ccc(-c2nc(-c3cccc(-n4c5ccccc5c5cc6c(cc54)sc4ccccc46)c3)nc(-c3cccc4oc5ccccc5c34)n2)cc1. The minimum Gasteiger partial charge on any atom is -0.456 e. The zero-order chi connectivity index (χ0) is 33.5. The Hall–Kier alpha value is -6.63. The van der Waals surface area contributed by atoms with Gasteiger partial charge in [-0.3, -0.25) is 0 Å². The molecule has 0 atom stereocenters. The number of thiophene rings is 1. The van der Waals surface area contributed by atoms with Crippen molar-refractivity contribution in [2.45, 2.75) is 0 Å². The van der Waals surface area contributed by atoms with Gasteiger partial charge in [0.15, 0.2) is 17.5 Å². The molecule has 238 valence electrons. The molecule has 7 aromatic carbocycles. The normalized spacial score (nSPS) is 11.9. The first kappa shape index (κ1) is 28.2. The van der Waals surface area contributed by atoms with E-state index in [1.54, 1.807) is 0 Å². The first-order chi connectivity index (χ1) is 25.3. The van der Waals surface area contributed by atoms with Crippen LogP contribution in [0.3, 0.4) is 0 Å². The predicted octanol–water partition coefficient (Wildman–Crippen LogP) is 12.2. The summed E-state index contributed by atoms with van der Waals surface area (Å²) in [5.41, 5.74) is 7.76. The van der Waals surface area contributed by atoms with E-state index in [1.807, 2.05) is 72.0 Å². The molecule has 0 aliphatic heterocycles. The number of furan rings is 1. The second-order valence-electron chi connectivity index (χ2n) is 12.8. The molecule has 0 amide bonds. The van der Waals surface area contributed by atoms with Crippen molar-refractivity contribution in [3.63, 3.8) is 0 Å². The Morgan fingerprint density at radius 2 is 1.12 bits per heavy atom. The van der Waals surface area contributed by atoms with Crippen molar-refractivity contribution in [1.29, 1.82) is 0 Å². The Bertz CT molecular complexity index is 3150. The fourth-order valence-corrected chi connectivity index (χ4v) is 8.67. The average molecular weight is 671 g/mol. The van der Waals surface area contributed by atoms with Gasteiger partial charge < -0.3 is 8.98 Å². The van der Waals surface area contributed by atoms with Crippen LogP contribution in [0.15, 0.2) is 162 Å². The summed E-state index contributed by atoms with van der Waals surface area (Å²) in [7, 11) is 0. The zero-order valence-corrected chi connectivity index (χ0v) is 27.9. The number of hydrogen-bond donors (Lipinski definition) is 0. The monoisotopic (exact) mass is 670 g/mol. The lowest BCUT2D eigenvalue weighted by atomic mass is 10.1. The predicted molar refractivity (Wildman–Crippen MR) is 211 cm³/mol. The van der Waals surface area contributed by atoms with E-state index in [2.05, 4.69) is 102 Å². The fourth-order valence-electron chi connectivity index (χ4n) is 7.55. The van der Waals surface area contributed by atoms with Gasteiger partial charge >= 0.3 is 0 Å². The van der Waals surface area contributed by atoms with E-state index < -0.39 is 0 Å². The van der Waals surface area contributed by atoms with E-state index in [1.165, 1.54) is 36.5 Å². The highest BCUT2D eigenvalue weighted by Crippen LogP contribution is 2.41. The summed E-state index contributed by atoms with van der Waals surface area (Å²) in [6, 6.07) is 54.9. The van der Waals surface area contributed by atoms with E-state index >= 15 is 0 Å². The van der Waals surface area contributed by atoms with Crippen molar-refractivity contribution in [1.82, 2.24) is 19.5 Å². The molecule has 11 aromatic rings. The molecule has 0 spiro atoms. The second kappa shape index (κ2) is 10.9. The molecule has 0 aliphatic carbocycles. The third-order valence-corrected chi connectivity index (χ3v) is 11.0. The summed E-state index contributed by atoms with van der Waals surface area (Å²) in [6.45, 7) is 0. The Labute approximate surface area is 295 Å². The van der Waals surface area contributed by atoms with Gasteiger partial charge in [0.2, 0.25) is 0 Å². The smallest absolute Gasteiger partial charge is 0.164 e. The summed E-state index contributed by atoms with van der Waals surface area (Å²) >= 11 is 1.84. The van der Waals surface area contributed by atoms with Crippen LogP contribution in [0, 0.1) is 0 Å². The number of rotatable bonds is 4. The van der Waals surface area contributed by atoms with Crippen molar-refractivity contribution in [3.8, 4) is 39.9 Å². The van der Waals surface area contributed by atoms with Crippen molar-refractivity contribution in [2.24, 2.45) is 0 Å². The summed E-state index contributed by atoms with van der Waals surface area (Å²) < 4.78 is 11.2. The molecule has 0 saturated carbocycles. The van der Waals surface area contributed by atoms with Crippen LogP contribution >= 0.6 is 11.3 Å². The van der Waals surface area contributed by atoms with Crippen LogP contribution in [-0.2, 0) is 0 Å². The second-order valence-corrected chi connectivity index (χ2v) is 13.9. The number of para-hydroxylation sites is 2. The molecular weight excluding hydrogens is 645 g/mol. The van der Waals surface area contributed by atoms with Crippen LogP contribution in [0.25, 0.3) is 104 Å². The van der Waals surface area contributed by atoms with Gasteiger partial charge in [-0.25, -0.2) is 15.0 Å². The van der Waals surface area contributed by atoms with E-state index in [0.29, 0.717) is 17.5 Å². The van der Waals surface area contributed by atoms with Crippen LogP contribution in [0.2, 0.25) is 0 Å². The van der Waals surface area contributed by atoms with Gasteiger partial charge in [-0.05, 0) is 48.5 Å². The molecule has 0 radical (unpaired) electrons. The van der Waals surface area contributed by atoms with E-state index in [-0.39, 0.29) is 0 Å². The zero-order valence-electron chi connectivity index (χ0n) is 27.1. The topological polar surface area (TPSA) is 56.7 Å². The Morgan fingerprint density at radius 1 is 0.431 bits per heavy atom. The molecule has 5 nitrogen and oxygen atoms in total. The fraction of sp³-hybridized carbons (Fsp3) is 0. The molecule has 51 heavy (non-hydrogen) atoms. The maximum Gasteiger partial charge on any atom is 0.164 e. The van der Waals surface area contributed by atoms with Crippen LogP contribution in [0.1, 0.15) is 0 Å². The third kappa shape index (κ3) is 4.37. The number of aromatic nitrogens is 4. The van der Waals surface area contributed by atoms with Crippen LogP contribution in [0.4, 0.5) is 0 Å². The summed E-state index contributed by atoms with van der Waals surface area (Å²) in [5.74, 6) is 1.83. The Morgan fingerprint density at radius 3 is 2.02 bits per heavy atom. The molecule has 0 unspecified atom stereocenters. The van der Waals surface area contributed by atoms with Gasteiger partial charge in [0, 0.05) is 64.1 Å². The van der Waals surface area contributed by atoms with E-state index in [4.69, 9.17) is 19.4 Å². The van der Waals surface area contributed by atoms with Gasteiger partial charge in [-0.15, -0.1) is 11.3 Å². The third-order valence-electron chi connectivity index (χ3n) is 9.84. The molecule has 0 saturated heterocycles. The molecule has 0 bridgehead atoms. The van der Waals surface area contributed by atoms with Gasteiger partial charge in [-0.2, -0.15) is 0 Å². The molecule has 4 aromatic heterocycles. The lowest BCUT2D eigenvalue weighted by Crippen LogP contribution is -2.01. The quantitative estimate of drug-likeness (QED) is 0.187. The lowest BCUT2D eigenvalue weighted by Gasteiger charge is -2.12. The summed E-state index contributed by atoms with van der Waals surface area (Å²) in [4.78, 5) is 15.3. The largest absolute Gasteiger partial charge is 0.456 e. The molecule has 6 heteroatoms. The van der Waals surface area contributed by atoms with Gasteiger partial charge in [0.05, 0.1) is 11.0 Å². The van der Waals surface area contributed by atoms with Crippen molar-refractivity contribution in [3.05, 3.63) is 158 Å². The minimum absolute atomic E-state index is 0.602. The van der Waals surface area contributed by atoms with E-state index in [9.17, 15) is 0 Å². The average Bonchev–Trinajstić information content (AvgIpc) is 3.86. The minimum atomic E-state index is 0.602. The highest BCUT2D eigenvalue weighted by molar-refractivity contribution is 7.25. The highest BCUT2D eigenvalue weighted by atomic mass is 32.1. The number of fused-ring (bicyclic) bond motifs is 9. The maximum absolute atomic E-state index is 6.24. The lowest BCUT2D eigenvalue weighted by molar-refractivity contribution is 0.669. The molecule has 0 fully saturated rings. The number of nitrogens with zero attached hydrogens (tertiary/aromatic N) is 4. The number of hydrogen-bond acceptors (Lipinski definition) is 5. The first-order valence-electron chi connectivity index (χ1n) is 16.9. The van der Waals surface area contributed by atoms with Crippen LogP contribution in [0.5, 0.6) is 0 Å². The van der Waals surface area contributed by atoms with Crippen LogP contribution in [-0.4, -0.2) is 19.5 Å². The van der Waals surface area contributed by atoms with Gasteiger partial charge in [0.25, 0.3) is 0 Å².